The zero-order valence-corrected chi connectivity index (χ0v) is 12.6. The van der Waals surface area contributed by atoms with Crippen molar-refractivity contribution in [3.8, 4) is 0 Å². The van der Waals surface area contributed by atoms with Gasteiger partial charge in [0, 0.05) is 22.6 Å². The second-order valence-corrected chi connectivity index (χ2v) is 6.40. The second-order valence-electron chi connectivity index (χ2n) is 4.86. The highest BCUT2D eigenvalue weighted by molar-refractivity contribution is 7.85. The van der Waals surface area contributed by atoms with Crippen LogP contribution in [0, 0.1) is 13.8 Å². The highest BCUT2D eigenvalue weighted by Gasteiger charge is 2.11. The van der Waals surface area contributed by atoms with Crippen molar-refractivity contribution in [2.45, 2.75) is 25.2 Å². The summed E-state index contributed by atoms with van der Waals surface area (Å²) in [6, 6.07) is 15.0. The van der Waals surface area contributed by atoms with Crippen molar-refractivity contribution in [2.24, 2.45) is 0 Å². The molecule has 2 aromatic carbocycles. The lowest BCUT2D eigenvalue weighted by molar-refractivity contribution is 0.0989. The first kappa shape index (κ1) is 14.7. The number of carbonyl (C=O) groups excluding carboxylic acids is 1. The Labute approximate surface area is 122 Å². The van der Waals surface area contributed by atoms with Crippen LogP contribution in [-0.4, -0.2) is 15.7 Å². The van der Waals surface area contributed by atoms with Crippen LogP contribution in [0.4, 0.5) is 0 Å². The van der Waals surface area contributed by atoms with Crippen molar-refractivity contribution < 1.29 is 9.00 Å². The molecule has 0 aliphatic heterocycles. The van der Waals surface area contributed by atoms with Crippen LogP contribution >= 0.6 is 0 Å². The first-order chi connectivity index (χ1) is 9.58. The van der Waals surface area contributed by atoms with E-state index in [1.54, 1.807) is 12.1 Å². The fourth-order valence-corrected chi connectivity index (χ4v) is 3.35. The van der Waals surface area contributed by atoms with E-state index in [9.17, 15) is 9.00 Å². The molecule has 0 bridgehead atoms. The Morgan fingerprint density at radius 1 is 1.05 bits per heavy atom. The van der Waals surface area contributed by atoms with E-state index >= 15 is 0 Å². The molecule has 0 radical (unpaired) electrons. The van der Waals surface area contributed by atoms with Gasteiger partial charge in [-0.2, -0.15) is 0 Å². The Bertz CT molecular complexity index is 633. The number of benzene rings is 2. The zero-order valence-electron chi connectivity index (χ0n) is 11.8. The van der Waals surface area contributed by atoms with Crippen LogP contribution in [0.2, 0.25) is 0 Å². The molecule has 0 aliphatic carbocycles. The van der Waals surface area contributed by atoms with E-state index in [1.807, 2.05) is 50.2 Å². The van der Waals surface area contributed by atoms with Crippen molar-refractivity contribution in [3.05, 3.63) is 65.2 Å². The minimum absolute atomic E-state index is 0.0451. The number of carbonyl (C=O) groups is 1. The monoisotopic (exact) mass is 286 g/mol. The average Bonchev–Trinajstić information content (AvgIpc) is 2.45. The summed E-state index contributed by atoms with van der Waals surface area (Å²) in [5.41, 5.74) is 2.87. The van der Waals surface area contributed by atoms with E-state index in [1.165, 1.54) is 0 Å². The molecule has 0 aliphatic rings. The van der Waals surface area contributed by atoms with Crippen LogP contribution in [0.15, 0.2) is 53.4 Å². The number of Topliss-reactive ketones (excluding diaryl/α,β-unsaturated/α-hetero) is 1. The number of hydrogen-bond acceptors (Lipinski definition) is 2. The van der Waals surface area contributed by atoms with Crippen LogP contribution in [0.5, 0.6) is 0 Å². The molecular formula is C17H18O2S. The van der Waals surface area contributed by atoms with Gasteiger partial charge in [-0.3, -0.25) is 9.00 Å². The molecule has 104 valence electrons. The van der Waals surface area contributed by atoms with Crippen LogP contribution < -0.4 is 0 Å². The van der Waals surface area contributed by atoms with Gasteiger partial charge in [0.1, 0.15) is 0 Å². The van der Waals surface area contributed by atoms with Crippen LogP contribution in [0.25, 0.3) is 0 Å². The fraction of sp³-hybridized carbons (Fsp3) is 0.235. The largest absolute Gasteiger partial charge is 0.294 e. The Hall–Kier alpha value is -1.74. The van der Waals surface area contributed by atoms with E-state index in [0.29, 0.717) is 17.7 Å². The summed E-state index contributed by atoms with van der Waals surface area (Å²) in [6.07, 6.45) is 0.309. The summed E-state index contributed by atoms with van der Waals surface area (Å²) >= 11 is 0. The molecule has 0 amide bonds. The van der Waals surface area contributed by atoms with Crippen molar-refractivity contribution in [3.63, 3.8) is 0 Å². The zero-order chi connectivity index (χ0) is 14.5. The predicted octanol–water partition coefficient (Wildman–Crippen LogP) is 3.68. The first-order valence-electron chi connectivity index (χ1n) is 6.62. The van der Waals surface area contributed by atoms with E-state index in [0.717, 1.165) is 16.0 Å². The van der Waals surface area contributed by atoms with Gasteiger partial charge in [0.15, 0.2) is 5.78 Å². The van der Waals surface area contributed by atoms with Crippen LogP contribution in [0.3, 0.4) is 0 Å². The number of aryl methyl sites for hydroxylation is 2. The third kappa shape index (κ3) is 3.64. The normalized spacial score (nSPS) is 12.1. The number of hydrogen-bond donors (Lipinski definition) is 0. The highest BCUT2D eigenvalue weighted by Crippen LogP contribution is 2.16. The topological polar surface area (TPSA) is 34.1 Å². The smallest absolute Gasteiger partial charge is 0.163 e. The molecule has 0 saturated heterocycles. The van der Waals surface area contributed by atoms with Gasteiger partial charge in [-0.15, -0.1) is 0 Å². The maximum Gasteiger partial charge on any atom is 0.163 e. The van der Waals surface area contributed by atoms with E-state index in [-0.39, 0.29) is 5.78 Å². The summed E-state index contributed by atoms with van der Waals surface area (Å²) in [6.45, 7) is 3.97. The molecule has 1 atom stereocenters. The Morgan fingerprint density at radius 2 is 1.75 bits per heavy atom. The molecule has 20 heavy (non-hydrogen) atoms. The first-order valence-corrected chi connectivity index (χ1v) is 7.93. The second kappa shape index (κ2) is 6.62. The van der Waals surface area contributed by atoms with Gasteiger partial charge in [-0.25, -0.2) is 0 Å². The van der Waals surface area contributed by atoms with Crippen LogP contribution in [-0.2, 0) is 10.8 Å². The van der Waals surface area contributed by atoms with Crippen molar-refractivity contribution >= 4 is 16.6 Å². The van der Waals surface area contributed by atoms with E-state index in [2.05, 4.69) is 0 Å². The molecule has 1 unspecified atom stereocenters. The van der Waals surface area contributed by atoms with Gasteiger partial charge in [-0.05, 0) is 25.5 Å². The summed E-state index contributed by atoms with van der Waals surface area (Å²) in [7, 11) is -1.12. The van der Waals surface area contributed by atoms with Gasteiger partial charge in [0.25, 0.3) is 0 Å². The molecule has 0 heterocycles. The average molecular weight is 286 g/mol. The van der Waals surface area contributed by atoms with Gasteiger partial charge in [0.05, 0.1) is 10.8 Å². The molecule has 0 saturated carbocycles. The number of rotatable bonds is 5. The predicted molar refractivity (Wildman–Crippen MR) is 82.6 cm³/mol. The summed E-state index contributed by atoms with van der Waals surface area (Å²) in [5, 5.41) is 0. The molecule has 2 nitrogen and oxygen atoms in total. The maximum atomic E-state index is 12.3. The Balaban J connectivity index is 2.00. The maximum absolute atomic E-state index is 12.3. The lowest BCUT2D eigenvalue weighted by atomic mass is 10.1. The molecule has 0 fully saturated rings. The van der Waals surface area contributed by atoms with Crippen LogP contribution in [0.1, 0.15) is 27.9 Å². The molecule has 2 aromatic rings. The number of ketones is 1. The molecule has 3 heteroatoms. The van der Waals surface area contributed by atoms with Gasteiger partial charge >= 0.3 is 0 Å². The standard InChI is InChI=1S/C17H18O2S/c1-13-8-9-17(14(2)12-13)20(19)11-10-16(18)15-6-4-3-5-7-15/h3-9,12H,10-11H2,1-2H3. The summed E-state index contributed by atoms with van der Waals surface area (Å²) < 4.78 is 12.3. The quantitative estimate of drug-likeness (QED) is 0.786. The van der Waals surface area contributed by atoms with E-state index < -0.39 is 10.8 Å². The Kier molecular flexibility index (Phi) is 4.85. The van der Waals surface area contributed by atoms with Crippen molar-refractivity contribution in [1.29, 1.82) is 0 Å². The summed E-state index contributed by atoms with van der Waals surface area (Å²) in [5.74, 6) is 0.418. The fourth-order valence-electron chi connectivity index (χ4n) is 2.12. The van der Waals surface area contributed by atoms with Crippen molar-refractivity contribution in [1.82, 2.24) is 0 Å². The molecule has 0 N–H and O–H groups in total. The highest BCUT2D eigenvalue weighted by atomic mass is 32.2. The lowest BCUT2D eigenvalue weighted by Gasteiger charge is -2.06. The molecular weight excluding hydrogens is 268 g/mol. The third-order valence-electron chi connectivity index (χ3n) is 3.19. The minimum Gasteiger partial charge on any atom is -0.294 e. The Morgan fingerprint density at radius 3 is 2.40 bits per heavy atom. The molecule has 2 rings (SSSR count). The molecule has 0 aromatic heterocycles. The summed E-state index contributed by atoms with van der Waals surface area (Å²) in [4.78, 5) is 12.8. The third-order valence-corrected chi connectivity index (χ3v) is 4.71. The van der Waals surface area contributed by atoms with Crippen molar-refractivity contribution in [2.75, 3.05) is 5.75 Å². The molecule has 0 spiro atoms. The SMILES string of the molecule is Cc1ccc(S(=O)CCC(=O)c2ccccc2)c(C)c1. The van der Waals surface area contributed by atoms with E-state index in [4.69, 9.17) is 0 Å². The van der Waals surface area contributed by atoms with Gasteiger partial charge in [0.2, 0.25) is 0 Å². The lowest BCUT2D eigenvalue weighted by Crippen LogP contribution is -2.07. The van der Waals surface area contributed by atoms with Gasteiger partial charge < -0.3 is 0 Å². The van der Waals surface area contributed by atoms with Gasteiger partial charge in [-0.1, -0.05) is 48.0 Å². The minimum atomic E-state index is -1.12.